The van der Waals surface area contributed by atoms with Crippen molar-refractivity contribution in [3.63, 3.8) is 0 Å². The van der Waals surface area contributed by atoms with Crippen LogP contribution in [0.5, 0.6) is 0 Å². The van der Waals surface area contributed by atoms with E-state index in [4.69, 9.17) is 14.2 Å². The maximum atomic E-state index is 12.1. The molecule has 2 rings (SSSR count). The Labute approximate surface area is 162 Å². The number of ether oxygens (including phenoxy) is 3. The minimum absolute atomic E-state index is 0.136. The van der Waals surface area contributed by atoms with Crippen LogP contribution in [-0.4, -0.2) is 37.9 Å². The number of rotatable bonds is 3. The highest BCUT2D eigenvalue weighted by Crippen LogP contribution is 2.43. The lowest BCUT2D eigenvalue weighted by Crippen LogP contribution is -2.12. The van der Waals surface area contributed by atoms with Crippen LogP contribution in [0.25, 0.3) is 0 Å². The van der Waals surface area contributed by atoms with Crippen molar-refractivity contribution in [1.82, 2.24) is 0 Å². The molecule has 0 aromatic carbocycles. The highest BCUT2D eigenvalue weighted by molar-refractivity contribution is 5.89. The van der Waals surface area contributed by atoms with E-state index < -0.39 is 0 Å². The topological polar surface area (TPSA) is 65.1 Å². The molecule has 1 aliphatic carbocycles. The quantitative estimate of drug-likeness (QED) is 0.543. The zero-order valence-electron chi connectivity index (χ0n) is 17.2. The van der Waals surface area contributed by atoms with Gasteiger partial charge >= 0.3 is 11.9 Å². The van der Waals surface area contributed by atoms with Crippen molar-refractivity contribution in [1.29, 1.82) is 0 Å². The molecule has 150 valence electrons. The minimum atomic E-state index is -0.293. The number of carbonyl (C=O) groups is 2. The van der Waals surface area contributed by atoms with Gasteiger partial charge in [-0.25, -0.2) is 9.59 Å². The van der Waals surface area contributed by atoms with Crippen LogP contribution in [0.4, 0.5) is 0 Å². The van der Waals surface area contributed by atoms with E-state index in [0.717, 1.165) is 25.7 Å². The third-order valence-corrected chi connectivity index (χ3v) is 5.56. The van der Waals surface area contributed by atoms with E-state index in [0.29, 0.717) is 29.9 Å². The van der Waals surface area contributed by atoms with E-state index in [1.165, 1.54) is 19.8 Å². The summed E-state index contributed by atoms with van der Waals surface area (Å²) < 4.78 is 15.8. The Morgan fingerprint density at radius 1 is 1.07 bits per heavy atom. The number of fused-ring (bicyclic) bond motifs is 1. The van der Waals surface area contributed by atoms with Gasteiger partial charge in [0.25, 0.3) is 0 Å². The van der Waals surface area contributed by atoms with Crippen molar-refractivity contribution in [2.24, 2.45) is 5.92 Å². The smallest absolute Gasteiger partial charge is 0.333 e. The summed E-state index contributed by atoms with van der Waals surface area (Å²) in [5.74, 6) is -0.240. The molecule has 0 aromatic rings. The Morgan fingerprint density at radius 2 is 1.74 bits per heavy atom. The molecular formula is C22H32O5. The molecule has 0 aromatic heterocycles. The Balaban J connectivity index is 2.31. The molecular weight excluding hydrogens is 344 g/mol. The first-order chi connectivity index (χ1) is 12.8. The number of allylic oxidation sites excluding steroid dienone is 4. The second-order valence-electron chi connectivity index (χ2n) is 7.80. The largest absolute Gasteiger partial charge is 0.466 e. The van der Waals surface area contributed by atoms with E-state index in [-0.39, 0.29) is 23.6 Å². The van der Waals surface area contributed by atoms with Gasteiger partial charge in [-0.15, -0.1) is 0 Å². The first-order valence-corrected chi connectivity index (χ1v) is 9.73. The van der Waals surface area contributed by atoms with E-state index in [2.05, 4.69) is 20.8 Å². The molecule has 27 heavy (non-hydrogen) atoms. The number of hydrogen-bond donors (Lipinski definition) is 0. The number of methoxy groups -OCH3 is 2. The second-order valence-corrected chi connectivity index (χ2v) is 7.80. The Kier molecular flexibility index (Phi) is 7.42. The van der Waals surface area contributed by atoms with Gasteiger partial charge in [0.05, 0.1) is 25.9 Å². The lowest BCUT2D eigenvalue weighted by Gasteiger charge is -2.13. The first kappa shape index (κ1) is 21.4. The predicted octanol–water partition coefficient (Wildman–Crippen LogP) is 4.28. The summed E-state index contributed by atoms with van der Waals surface area (Å²) in [6.45, 7) is 6.32. The Hall–Kier alpha value is -1.88. The molecule has 0 N–H and O–H groups in total. The highest BCUT2D eigenvalue weighted by atomic mass is 16.6. The summed E-state index contributed by atoms with van der Waals surface area (Å²) in [7, 11) is 2.83. The third-order valence-electron chi connectivity index (χ3n) is 5.56. The maximum absolute atomic E-state index is 12.1. The van der Waals surface area contributed by atoms with E-state index in [1.807, 2.05) is 18.2 Å². The summed E-state index contributed by atoms with van der Waals surface area (Å²) in [5, 5.41) is 0. The van der Waals surface area contributed by atoms with E-state index >= 15 is 0 Å². The van der Waals surface area contributed by atoms with Gasteiger partial charge < -0.3 is 14.2 Å². The molecule has 0 spiro atoms. The van der Waals surface area contributed by atoms with Crippen LogP contribution in [0, 0.1) is 5.92 Å². The molecule has 1 aliphatic heterocycles. The van der Waals surface area contributed by atoms with Crippen molar-refractivity contribution < 1.29 is 23.8 Å². The highest BCUT2D eigenvalue weighted by Gasteiger charge is 2.50. The van der Waals surface area contributed by atoms with Gasteiger partial charge in [0.2, 0.25) is 0 Å². The molecule has 1 heterocycles. The molecule has 5 nitrogen and oxygen atoms in total. The average Bonchev–Trinajstić information content (AvgIpc) is 3.30. The van der Waals surface area contributed by atoms with Crippen LogP contribution < -0.4 is 0 Å². The molecule has 5 heteroatoms. The van der Waals surface area contributed by atoms with Gasteiger partial charge in [-0.05, 0) is 51.4 Å². The second kappa shape index (κ2) is 9.36. The normalized spacial score (nSPS) is 30.6. The van der Waals surface area contributed by atoms with Crippen molar-refractivity contribution in [2.75, 3.05) is 14.2 Å². The van der Waals surface area contributed by atoms with Crippen LogP contribution in [0.2, 0.25) is 0 Å². The van der Waals surface area contributed by atoms with Crippen molar-refractivity contribution >= 4 is 11.9 Å². The molecule has 0 unspecified atom stereocenters. The fraction of sp³-hybridized carbons (Fsp3) is 0.636. The monoisotopic (exact) mass is 376 g/mol. The molecule has 2 atom stereocenters. The summed E-state index contributed by atoms with van der Waals surface area (Å²) in [6.07, 6.45) is 10.4. The zero-order chi connectivity index (χ0) is 20.0. The van der Waals surface area contributed by atoms with Crippen molar-refractivity contribution in [3.05, 3.63) is 34.9 Å². The summed E-state index contributed by atoms with van der Waals surface area (Å²) in [6, 6.07) is 0. The van der Waals surface area contributed by atoms with Gasteiger partial charge in [-0.3, -0.25) is 0 Å². The Morgan fingerprint density at radius 3 is 2.37 bits per heavy atom. The standard InChI is InChI=1S/C22H32O5/c1-15(2)16-8-10-17(20(23)25-4)7-6-14-22(3)19(27-22)13-12-18(11-9-16)21(24)26-5/h7,9,11,15,19H,6,8,10,12-14H2,1-5H3/b16-9+,17-7?,18-11-/t19-,22-/m0/s1. The summed E-state index contributed by atoms with van der Waals surface area (Å²) in [4.78, 5) is 24.3. The van der Waals surface area contributed by atoms with Gasteiger partial charge in [0.15, 0.2) is 0 Å². The fourth-order valence-corrected chi connectivity index (χ4v) is 3.55. The number of epoxide rings is 1. The molecule has 0 saturated carbocycles. The summed E-state index contributed by atoms with van der Waals surface area (Å²) in [5.41, 5.74) is 2.38. The number of hydrogen-bond acceptors (Lipinski definition) is 5. The predicted molar refractivity (Wildman–Crippen MR) is 104 cm³/mol. The lowest BCUT2D eigenvalue weighted by atomic mass is 9.92. The van der Waals surface area contributed by atoms with E-state index in [9.17, 15) is 9.59 Å². The minimum Gasteiger partial charge on any atom is -0.466 e. The van der Waals surface area contributed by atoms with Gasteiger partial charge in [-0.2, -0.15) is 0 Å². The van der Waals surface area contributed by atoms with Gasteiger partial charge in [-0.1, -0.05) is 37.6 Å². The van der Waals surface area contributed by atoms with Crippen LogP contribution in [0.15, 0.2) is 34.9 Å². The first-order valence-electron chi connectivity index (χ1n) is 9.73. The molecule has 0 amide bonds. The summed E-state index contributed by atoms with van der Waals surface area (Å²) >= 11 is 0. The fourth-order valence-electron chi connectivity index (χ4n) is 3.55. The van der Waals surface area contributed by atoms with Crippen LogP contribution >= 0.6 is 0 Å². The van der Waals surface area contributed by atoms with Crippen LogP contribution in [0.1, 0.15) is 59.3 Å². The zero-order valence-corrected chi connectivity index (χ0v) is 17.2. The number of esters is 2. The van der Waals surface area contributed by atoms with Gasteiger partial charge in [0.1, 0.15) is 0 Å². The van der Waals surface area contributed by atoms with Crippen LogP contribution in [0.3, 0.4) is 0 Å². The van der Waals surface area contributed by atoms with Crippen molar-refractivity contribution in [2.45, 2.75) is 71.0 Å². The maximum Gasteiger partial charge on any atom is 0.333 e. The molecule has 2 aliphatic rings. The molecule has 0 radical (unpaired) electrons. The lowest BCUT2D eigenvalue weighted by molar-refractivity contribution is -0.137. The van der Waals surface area contributed by atoms with Gasteiger partial charge in [0, 0.05) is 11.1 Å². The molecule has 1 fully saturated rings. The van der Waals surface area contributed by atoms with Crippen LogP contribution in [-0.2, 0) is 23.8 Å². The van der Waals surface area contributed by atoms with Crippen molar-refractivity contribution in [3.8, 4) is 0 Å². The average molecular weight is 376 g/mol. The Bertz CT molecular complexity index is 656. The molecule has 1 saturated heterocycles. The molecule has 0 bridgehead atoms. The van der Waals surface area contributed by atoms with E-state index in [1.54, 1.807) is 0 Å². The SMILES string of the molecule is COC(=O)C1=CCC[C@]2(C)O[C@H]2CC/C(C(=O)OC)=C/C=C(/C(C)C)CC1. The number of carbonyl (C=O) groups excluding carboxylic acids is 2. The third kappa shape index (κ3) is 5.80.